The molecule has 0 atom stereocenters. The van der Waals surface area contributed by atoms with Crippen LogP contribution in [0.15, 0.2) is 24.4 Å². The summed E-state index contributed by atoms with van der Waals surface area (Å²) in [7, 11) is 0. The van der Waals surface area contributed by atoms with Crippen LogP contribution in [0.25, 0.3) is 0 Å². The minimum absolute atomic E-state index is 0.112. The molecule has 0 spiro atoms. The van der Waals surface area contributed by atoms with Crippen molar-refractivity contribution < 1.29 is 9.59 Å². The molecule has 0 aromatic carbocycles. The molecule has 1 aromatic heterocycles. The zero-order valence-electron chi connectivity index (χ0n) is 16.6. The van der Waals surface area contributed by atoms with Gasteiger partial charge in [-0.3, -0.25) is 14.6 Å². The van der Waals surface area contributed by atoms with Crippen molar-refractivity contribution in [1.29, 1.82) is 0 Å². The second-order valence-electron chi connectivity index (χ2n) is 9.94. The molecule has 1 aromatic rings. The largest absolute Gasteiger partial charge is 0.348 e. The maximum atomic E-state index is 13.1. The first-order chi connectivity index (χ1) is 13.6. The number of rotatable bonds is 4. The van der Waals surface area contributed by atoms with Crippen molar-refractivity contribution in [2.75, 3.05) is 13.1 Å². The number of nitrogens with zero attached hydrogens (tertiary/aromatic N) is 2. The van der Waals surface area contributed by atoms with E-state index in [-0.39, 0.29) is 11.9 Å². The molecule has 28 heavy (non-hydrogen) atoms. The van der Waals surface area contributed by atoms with Crippen molar-refractivity contribution in [2.24, 2.45) is 23.2 Å². The summed E-state index contributed by atoms with van der Waals surface area (Å²) in [5.41, 5.74) is 0.776. The molecule has 1 N–H and O–H groups in total. The van der Waals surface area contributed by atoms with E-state index < -0.39 is 0 Å². The maximum absolute atomic E-state index is 13.1. The van der Waals surface area contributed by atoms with Gasteiger partial charge in [0.05, 0.1) is 0 Å². The highest BCUT2D eigenvalue weighted by Crippen LogP contribution is 2.61. The molecule has 4 bridgehead atoms. The molecule has 1 saturated heterocycles. The lowest BCUT2D eigenvalue weighted by molar-refractivity contribution is -0.140. The molecule has 6 rings (SSSR count). The first-order valence-electron chi connectivity index (χ1n) is 11.1. The number of carbonyl (C=O) groups is 2. The molecule has 5 nitrogen and oxygen atoms in total. The summed E-state index contributed by atoms with van der Waals surface area (Å²) >= 11 is 0. The monoisotopic (exact) mass is 381 g/mol. The van der Waals surface area contributed by atoms with E-state index in [9.17, 15) is 9.59 Å². The predicted octanol–water partition coefficient (Wildman–Crippen LogP) is 3.41. The Hall–Kier alpha value is -1.91. The third-order valence-corrected chi connectivity index (χ3v) is 7.77. The third-order valence-electron chi connectivity index (χ3n) is 7.77. The SMILES string of the molecule is O=C(NC1CCN(C(=O)CC23CC4CC(CC(C4)C2)C3)CC1)c1ccccn1. The quantitative estimate of drug-likeness (QED) is 0.869. The summed E-state index contributed by atoms with van der Waals surface area (Å²) in [5, 5.41) is 3.08. The average molecular weight is 382 g/mol. The zero-order chi connectivity index (χ0) is 19.1. The van der Waals surface area contributed by atoms with Gasteiger partial charge in [0.1, 0.15) is 5.69 Å². The van der Waals surface area contributed by atoms with E-state index in [2.05, 4.69) is 15.2 Å². The van der Waals surface area contributed by atoms with Gasteiger partial charge in [-0.15, -0.1) is 0 Å². The van der Waals surface area contributed by atoms with E-state index in [4.69, 9.17) is 0 Å². The highest BCUT2D eigenvalue weighted by molar-refractivity contribution is 5.92. The van der Waals surface area contributed by atoms with E-state index >= 15 is 0 Å². The van der Waals surface area contributed by atoms with Crippen LogP contribution in [-0.2, 0) is 4.79 Å². The fourth-order valence-corrected chi connectivity index (χ4v) is 6.97. The summed E-state index contributed by atoms with van der Waals surface area (Å²) < 4.78 is 0. The molecule has 0 radical (unpaired) electrons. The number of amides is 2. The number of pyridine rings is 1. The van der Waals surface area contributed by atoms with Gasteiger partial charge >= 0.3 is 0 Å². The molecule has 150 valence electrons. The number of piperidine rings is 1. The second kappa shape index (κ2) is 7.16. The Balaban J connectivity index is 1.13. The van der Waals surface area contributed by atoms with Crippen LogP contribution in [0.4, 0.5) is 0 Å². The normalized spacial score (nSPS) is 34.4. The Bertz CT molecular complexity index is 704. The zero-order valence-corrected chi connectivity index (χ0v) is 16.6. The van der Waals surface area contributed by atoms with Crippen LogP contribution in [0.2, 0.25) is 0 Å². The van der Waals surface area contributed by atoms with Crippen LogP contribution >= 0.6 is 0 Å². The number of hydrogen-bond acceptors (Lipinski definition) is 3. The van der Waals surface area contributed by atoms with Crippen molar-refractivity contribution in [2.45, 2.75) is 63.8 Å². The van der Waals surface area contributed by atoms with Gasteiger partial charge in [-0.2, -0.15) is 0 Å². The van der Waals surface area contributed by atoms with Crippen LogP contribution in [0.1, 0.15) is 68.3 Å². The Morgan fingerprint density at radius 3 is 2.25 bits per heavy atom. The van der Waals surface area contributed by atoms with Crippen LogP contribution < -0.4 is 5.32 Å². The predicted molar refractivity (Wildman–Crippen MR) is 107 cm³/mol. The van der Waals surface area contributed by atoms with Gasteiger partial charge in [-0.25, -0.2) is 0 Å². The minimum atomic E-state index is -0.112. The van der Waals surface area contributed by atoms with Crippen molar-refractivity contribution in [3.8, 4) is 0 Å². The summed E-state index contributed by atoms with van der Waals surface area (Å²) in [6, 6.07) is 5.51. The lowest BCUT2D eigenvalue weighted by atomic mass is 9.49. The summed E-state index contributed by atoms with van der Waals surface area (Å²) in [4.78, 5) is 31.5. The van der Waals surface area contributed by atoms with Gasteiger partial charge in [-0.1, -0.05) is 6.07 Å². The van der Waals surface area contributed by atoms with E-state index in [1.165, 1.54) is 38.5 Å². The number of likely N-dealkylation sites (tertiary alicyclic amines) is 1. The number of aromatic nitrogens is 1. The van der Waals surface area contributed by atoms with Gasteiger partial charge in [-0.05, 0) is 86.7 Å². The molecule has 5 aliphatic rings. The smallest absolute Gasteiger partial charge is 0.270 e. The van der Waals surface area contributed by atoms with Crippen LogP contribution in [0.3, 0.4) is 0 Å². The highest BCUT2D eigenvalue weighted by Gasteiger charge is 2.51. The lowest BCUT2D eigenvalue weighted by Gasteiger charge is -2.57. The maximum Gasteiger partial charge on any atom is 0.270 e. The lowest BCUT2D eigenvalue weighted by Crippen LogP contribution is -2.50. The second-order valence-corrected chi connectivity index (χ2v) is 9.94. The Morgan fingerprint density at radius 2 is 1.68 bits per heavy atom. The first-order valence-corrected chi connectivity index (χ1v) is 11.1. The number of carbonyl (C=O) groups excluding carboxylic acids is 2. The van der Waals surface area contributed by atoms with Crippen LogP contribution in [0.5, 0.6) is 0 Å². The topological polar surface area (TPSA) is 62.3 Å². The standard InChI is InChI=1S/C23H31N3O2/c27-21(15-23-12-16-9-17(13-23)11-18(10-16)14-23)26-7-4-19(5-8-26)25-22(28)20-3-1-2-6-24-20/h1-3,6,16-19H,4-5,7-15H2,(H,25,28). The number of hydrogen-bond donors (Lipinski definition) is 1. The summed E-state index contributed by atoms with van der Waals surface area (Å²) in [6.07, 6.45) is 12.2. The number of nitrogens with one attached hydrogen (secondary N) is 1. The van der Waals surface area contributed by atoms with Crippen molar-refractivity contribution in [3.63, 3.8) is 0 Å². The molecule has 4 aliphatic carbocycles. The van der Waals surface area contributed by atoms with E-state index in [0.717, 1.165) is 50.1 Å². The van der Waals surface area contributed by atoms with Crippen molar-refractivity contribution >= 4 is 11.8 Å². The molecule has 4 saturated carbocycles. The van der Waals surface area contributed by atoms with Crippen molar-refractivity contribution in [3.05, 3.63) is 30.1 Å². The molecule has 2 amide bonds. The van der Waals surface area contributed by atoms with Gasteiger partial charge in [0.25, 0.3) is 5.91 Å². The Labute approximate surface area is 167 Å². The van der Waals surface area contributed by atoms with Crippen LogP contribution in [-0.4, -0.2) is 40.8 Å². The molecule has 2 heterocycles. The van der Waals surface area contributed by atoms with E-state index in [1.54, 1.807) is 12.3 Å². The molecule has 0 unspecified atom stereocenters. The summed E-state index contributed by atoms with van der Waals surface area (Å²) in [5.74, 6) is 2.93. The van der Waals surface area contributed by atoms with Gasteiger partial charge in [0, 0.05) is 31.7 Å². The van der Waals surface area contributed by atoms with E-state index in [1.807, 2.05) is 12.1 Å². The van der Waals surface area contributed by atoms with Crippen molar-refractivity contribution in [1.82, 2.24) is 15.2 Å². The molecular formula is C23H31N3O2. The molecular weight excluding hydrogens is 350 g/mol. The minimum Gasteiger partial charge on any atom is -0.348 e. The van der Waals surface area contributed by atoms with Crippen LogP contribution in [0, 0.1) is 23.2 Å². The fraction of sp³-hybridized carbons (Fsp3) is 0.696. The van der Waals surface area contributed by atoms with Gasteiger partial charge in [0.15, 0.2) is 0 Å². The summed E-state index contributed by atoms with van der Waals surface area (Å²) in [6.45, 7) is 1.52. The molecule has 1 aliphatic heterocycles. The van der Waals surface area contributed by atoms with Gasteiger partial charge in [0.2, 0.25) is 5.91 Å². The first kappa shape index (κ1) is 18.1. The van der Waals surface area contributed by atoms with Gasteiger partial charge < -0.3 is 10.2 Å². The Morgan fingerprint density at radius 1 is 1.04 bits per heavy atom. The molecule has 5 heteroatoms. The average Bonchev–Trinajstić information content (AvgIpc) is 2.68. The fourth-order valence-electron chi connectivity index (χ4n) is 6.97. The molecule has 5 fully saturated rings. The Kier molecular flexibility index (Phi) is 4.64. The van der Waals surface area contributed by atoms with E-state index in [0.29, 0.717) is 17.0 Å². The highest BCUT2D eigenvalue weighted by atomic mass is 16.2. The third kappa shape index (κ3) is 3.56.